The first-order valence-electron chi connectivity index (χ1n) is 12.6. The summed E-state index contributed by atoms with van der Waals surface area (Å²) in [5, 5.41) is 49.0. The van der Waals surface area contributed by atoms with E-state index in [1.54, 1.807) is 0 Å². The number of phenolic OH excluding ortho intramolecular Hbond substituents is 2. The smallest absolute Gasteiger partial charge is 0.305 e. The van der Waals surface area contributed by atoms with Gasteiger partial charge in [0, 0.05) is 37.6 Å². The van der Waals surface area contributed by atoms with Crippen LogP contribution in [0.2, 0.25) is 0 Å². The Labute approximate surface area is 238 Å². The van der Waals surface area contributed by atoms with Crippen LogP contribution in [-0.2, 0) is 19.2 Å². The minimum atomic E-state index is -1.26. The zero-order valence-corrected chi connectivity index (χ0v) is 22.1. The lowest BCUT2D eigenvalue weighted by Crippen LogP contribution is -2.43. The van der Waals surface area contributed by atoms with Crippen LogP contribution in [0.3, 0.4) is 0 Å². The number of nitrogens with two attached hydrogens (primary N) is 2. The monoisotopic (exact) mass is 586 g/mol. The lowest BCUT2D eigenvalue weighted by atomic mass is 9.81. The molecule has 0 saturated carbocycles. The molecule has 0 bridgehead atoms. The number of fused-ring (bicyclic) bond motifs is 2. The number of carboxylic acid groups (broad SMARTS) is 2. The number of nitrogens with one attached hydrogen (secondary N) is 4. The summed E-state index contributed by atoms with van der Waals surface area (Å²) in [5.74, 6) is -6.43. The number of aromatic hydroxyl groups is 2. The molecule has 42 heavy (non-hydrogen) atoms. The fourth-order valence-electron chi connectivity index (χ4n) is 4.25. The molecule has 224 valence electrons. The Morgan fingerprint density at radius 2 is 0.976 bits per heavy atom. The summed E-state index contributed by atoms with van der Waals surface area (Å²) in [6.07, 6.45) is -1.13. The molecule has 0 radical (unpaired) electrons. The van der Waals surface area contributed by atoms with Crippen molar-refractivity contribution in [1.82, 2.24) is 10.6 Å². The van der Waals surface area contributed by atoms with Crippen LogP contribution in [0.4, 0.5) is 11.4 Å². The fourth-order valence-corrected chi connectivity index (χ4v) is 4.25. The summed E-state index contributed by atoms with van der Waals surface area (Å²) in [6, 6.07) is 2.57. The van der Waals surface area contributed by atoms with Crippen molar-refractivity contribution in [3.05, 3.63) is 46.5 Å². The van der Waals surface area contributed by atoms with Gasteiger partial charge < -0.3 is 53.2 Å². The summed E-state index contributed by atoms with van der Waals surface area (Å²) in [6.45, 7) is 0.0340. The Morgan fingerprint density at radius 1 is 0.619 bits per heavy atom. The number of amides is 2. The van der Waals surface area contributed by atoms with Gasteiger partial charge >= 0.3 is 11.9 Å². The summed E-state index contributed by atoms with van der Waals surface area (Å²) in [7, 11) is 0. The molecule has 16 heteroatoms. The van der Waals surface area contributed by atoms with Gasteiger partial charge in [0.05, 0.1) is 47.2 Å². The van der Waals surface area contributed by atoms with Gasteiger partial charge in [0.1, 0.15) is 11.5 Å². The predicted octanol–water partition coefficient (Wildman–Crippen LogP) is -1.47. The van der Waals surface area contributed by atoms with Crippen molar-refractivity contribution >= 4 is 46.7 Å². The van der Waals surface area contributed by atoms with Gasteiger partial charge in [-0.05, 0) is 24.3 Å². The number of anilines is 2. The van der Waals surface area contributed by atoms with Crippen LogP contribution in [0.25, 0.3) is 0 Å². The summed E-state index contributed by atoms with van der Waals surface area (Å²) in [5.41, 5.74) is 10.4. The lowest BCUT2D eigenvalue weighted by Gasteiger charge is -2.25. The van der Waals surface area contributed by atoms with E-state index in [0.29, 0.717) is 0 Å². The number of aliphatic carboxylic acids is 2. The topological polar surface area (TPSA) is 284 Å². The van der Waals surface area contributed by atoms with E-state index in [1.807, 2.05) is 0 Å². The molecule has 2 amide bonds. The van der Waals surface area contributed by atoms with Crippen LogP contribution in [0.5, 0.6) is 11.5 Å². The third-order valence-corrected chi connectivity index (χ3v) is 6.22. The molecule has 2 atom stereocenters. The van der Waals surface area contributed by atoms with E-state index < -0.39 is 71.7 Å². The van der Waals surface area contributed by atoms with Gasteiger partial charge in [0.2, 0.25) is 23.4 Å². The van der Waals surface area contributed by atoms with Gasteiger partial charge in [0.25, 0.3) is 0 Å². The largest absolute Gasteiger partial charge is 0.507 e. The third-order valence-electron chi connectivity index (χ3n) is 6.22. The second-order valence-electron chi connectivity index (χ2n) is 9.27. The first-order valence-corrected chi connectivity index (χ1v) is 12.6. The highest BCUT2D eigenvalue weighted by Crippen LogP contribution is 2.42. The molecule has 0 heterocycles. The number of carbonyl (C=O) groups excluding carboxylic acids is 4. The summed E-state index contributed by atoms with van der Waals surface area (Å²) < 4.78 is 0. The van der Waals surface area contributed by atoms with Gasteiger partial charge in [0.15, 0.2) is 0 Å². The van der Waals surface area contributed by atoms with Gasteiger partial charge in [-0.3, -0.25) is 28.8 Å². The minimum Gasteiger partial charge on any atom is -0.507 e. The van der Waals surface area contributed by atoms with E-state index >= 15 is 0 Å². The zero-order chi connectivity index (χ0) is 31.1. The van der Waals surface area contributed by atoms with Crippen molar-refractivity contribution in [2.24, 2.45) is 11.5 Å². The lowest BCUT2D eigenvalue weighted by molar-refractivity contribution is -0.139. The highest BCUT2D eigenvalue weighted by atomic mass is 16.4. The Bertz CT molecular complexity index is 1340. The van der Waals surface area contributed by atoms with Crippen molar-refractivity contribution in [2.75, 3.05) is 36.8 Å². The highest BCUT2D eigenvalue weighted by Gasteiger charge is 2.38. The summed E-state index contributed by atoms with van der Waals surface area (Å²) >= 11 is 0. The Hall–Kier alpha value is -5.22. The maximum atomic E-state index is 13.6. The first-order chi connectivity index (χ1) is 19.8. The van der Waals surface area contributed by atoms with Gasteiger partial charge in [-0.25, -0.2) is 0 Å². The van der Waals surface area contributed by atoms with E-state index in [0.717, 1.165) is 12.1 Å². The number of ketones is 2. The van der Waals surface area contributed by atoms with Crippen LogP contribution < -0.4 is 32.7 Å². The molecule has 1 aliphatic carbocycles. The van der Waals surface area contributed by atoms with Crippen molar-refractivity contribution in [1.29, 1.82) is 0 Å². The van der Waals surface area contributed by atoms with Crippen LogP contribution in [0.1, 0.15) is 44.7 Å². The molecular formula is C26H30N6O10. The Balaban J connectivity index is 1.82. The van der Waals surface area contributed by atoms with Crippen molar-refractivity contribution in [2.45, 2.75) is 24.9 Å². The second kappa shape index (κ2) is 13.4. The van der Waals surface area contributed by atoms with E-state index in [1.165, 1.54) is 12.1 Å². The number of hydrogen-bond acceptors (Lipinski definition) is 12. The molecular weight excluding hydrogens is 556 g/mol. The average molecular weight is 587 g/mol. The normalized spacial score (nSPS) is 13.3. The molecule has 0 aromatic heterocycles. The standard InChI is InChI=1S/C26H30N6O10/c27-11(9-17(35)36)25(41)31-7-5-29-13-1-2-14(30-6-8-32-26(42)12(28)10-18(37)38)20-19(13)23(39)21-15(33)3-4-16(34)22(21)24(20)40/h1-4,11-12,29-30,33-34H,5-10,27-28H2,(H,31,41)(H,32,42)(H,35,36)(H,37,38)/t11-,12+. The molecule has 2 aromatic rings. The number of phenols is 2. The molecule has 1 aliphatic rings. The van der Waals surface area contributed by atoms with E-state index in [4.69, 9.17) is 21.7 Å². The maximum absolute atomic E-state index is 13.6. The van der Waals surface area contributed by atoms with E-state index in [-0.39, 0.29) is 59.8 Å². The quantitative estimate of drug-likeness (QED) is 0.0763. The minimum absolute atomic E-state index is 0.0184. The number of carboxylic acids is 2. The van der Waals surface area contributed by atoms with Crippen molar-refractivity contribution in [3.8, 4) is 11.5 Å². The number of benzene rings is 2. The van der Waals surface area contributed by atoms with Gasteiger partial charge in [-0.1, -0.05) is 0 Å². The first kappa shape index (κ1) is 31.3. The molecule has 0 spiro atoms. The molecule has 12 N–H and O–H groups in total. The molecule has 3 rings (SSSR count). The number of rotatable bonds is 14. The van der Waals surface area contributed by atoms with E-state index in [2.05, 4.69) is 21.3 Å². The fraction of sp³-hybridized carbons (Fsp3) is 0.308. The van der Waals surface area contributed by atoms with Crippen molar-refractivity contribution in [3.63, 3.8) is 0 Å². The average Bonchev–Trinajstić information content (AvgIpc) is 2.92. The summed E-state index contributed by atoms with van der Waals surface area (Å²) in [4.78, 5) is 72.6. The van der Waals surface area contributed by atoms with Crippen molar-refractivity contribution < 1.29 is 49.2 Å². The number of carbonyl (C=O) groups is 6. The number of hydrogen-bond donors (Lipinski definition) is 10. The van der Waals surface area contributed by atoms with Gasteiger partial charge in [-0.2, -0.15) is 0 Å². The molecule has 2 aromatic carbocycles. The SMILES string of the molecule is N[C@H](CC(=O)O)C(=O)NCCNc1ccc(NCCNC(=O)[C@@H](N)CC(=O)O)c2c1C(=O)c1c(O)ccc(O)c1C2=O. The Kier molecular flexibility index (Phi) is 10.0. The highest BCUT2D eigenvalue weighted by molar-refractivity contribution is 6.33. The molecule has 16 nitrogen and oxygen atoms in total. The van der Waals surface area contributed by atoms with E-state index in [9.17, 15) is 39.0 Å². The van der Waals surface area contributed by atoms with Crippen LogP contribution >= 0.6 is 0 Å². The molecule has 0 unspecified atom stereocenters. The molecule has 0 fully saturated rings. The van der Waals surface area contributed by atoms with Crippen LogP contribution in [0.15, 0.2) is 24.3 Å². The Morgan fingerprint density at radius 3 is 1.31 bits per heavy atom. The van der Waals surface area contributed by atoms with Crippen LogP contribution in [0, 0.1) is 0 Å². The zero-order valence-electron chi connectivity index (χ0n) is 22.1. The van der Waals surface area contributed by atoms with Gasteiger partial charge in [-0.15, -0.1) is 0 Å². The second-order valence-corrected chi connectivity index (χ2v) is 9.27. The predicted molar refractivity (Wildman–Crippen MR) is 147 cm³/mol. The molecule has 0 saturated heterocycles. The van der Waals surface area contributed by atoms with Crippen LogP contribution in [-0.4, -0.2) is 94.0 Å². The maximum Gasteiger partial charge on any atom is 0.305 e. The third kappa shape index (κ3) is 7.10. The molecule has 0 aliphatic heterocycles.